The van der Waals surface area contributed by atoms with Crippen molar-refractivity contribution in [2.45, 2.75) is 12.8 Å². The van der Waals surface area contributed by atoms with Crippen molar-refractivity contribution in [1.29, 1.82) is 0 Å². The van der Waals surface area contributed by atoms with Gasteiger partial charge in [0.05, 0.1) is 5.69 Å². The minimum absolute atomic E-state index is 0.976. The summed E-state index contributed by atoms with van der Waals surface area (Å²) in [6.45, 7) is 0. The Hall–Kier alpha value is -1.61. The molecule has 0 saturated heterocycles. The van der Waals surface area contributed by atoms with Crippen LogP contribution in [0.2, 0.25) is 0 Å². The molecule has 0 radical (unpaired) electrons. The van der Waals surface area contributed by atoms with Crippen molar-refractivity contribution in [2.75, 3.05) is 0 Å². The minimum atomic E-state index is 0.976. The lowest BCUT2D eigenvalue weighted by molar-refractivity contribution is 0.927. The molecule has 0 atom stereocenters. The van der Waals surface area contributed by atoms with E-state index in [1.807, 2.05) is 24.4 Å². The van der Waals surface area contributed by atoms with E-state index in [1.54, 1.807) is 0 Å². The van der Waals surface area contributed by atoms with Crippen LogP contribution in [-0.2, 0) is 12.8 Å². The molecule has 0 N–H and O–H groups in total. The van der Waals surface area contributed by atoms with Gasteiger partial charge in [-0.3, -0.25) is 0 Å². The summed E-state index contributed by atoms with van der Waals surface area (Å²) in [5.74, 6) is 0. The number of pyridine rings is 1. The third-order valence-corrected chi connectivity index (χ3v) is 3.45. The molecule has 0 spiro atoms. The number of hydrogen-bond acceptors (Lipinski definition) is 1. The van der Waals surface area contributed by atoms with Crippen LogP contribution in [0.4, 0.5) is 0 Å². The van der Waals surface area contributed by atoms with E-state index in [-0.39, 0.29) is 0 Å². The van der Waals surface area contributed by atoms with E-state index in [4.69, 9.17) is 0 Å². The second-order valence-electron chi connectivity index (χ2n) is 4.33. The molecule has 0 aliphatic heterocycles. The van der Waals surface area contributed by atoms with Gasteiger partial charge in [0, 0.05) is 16.9 Å². The van der Waals surface area contributed by atoms with Gasteiger partial charge in [0.2, 0.25) is 0 Å². The van der Waals surface area contributed by atoms with Crippen LogP contribution in [0.3, 0.4) is 0 Å². The summed E-state index contributed by atoms with van der Waals surface area (Å²) < 4.78 is 3.13. The first-order valence-electron chi connectivity index (χ1n) is 5.98. The lowest BCUT2D eigenvalue weighted by Crippen LogP contribution is -1.90. The van der Waals surface area contributed by atoms with Gasteiger partial charge in [-0.1, -0.05) is 30.3 Å². The Labute approximate surface area is 114 Å². The number of aromatic nitrogens is 2. The molecule has 18 heavy (non-hydrogen) atoms. The summed E-state index contributed by atoms with van der Waals surface area (Å²) in [6, 6.07) is 14.6. The zero-order chi connectivity index (χ0) is 12.4. The standard InChI is InChI=1S/C15H13BrN2/c16-13-7-9-15-17-14(11-18(15)10-13)8-6-12-4-2-1-3-5-12/h1-5,7,9-11H,6,8H2. The Morgan fingerprint density at radius 3 is 2.61 bits per heavy atom. The zero-order valence-corrected chi connectivity index (χ0v) is 11.5. The van der Waals surface area contributed by atoms with E-state index < -0.39 is 0 Å². The Balaban J connectivity index is 1.79. The van der Waals surface area contributed by atoms with Gasteiger partial charge in [-0.2, -0.15) is 0 Å². The third-order valence-electron chi connectivity index (χ3n) is 2.98. The summed E-state index contributed by atoms with van der Waals surface area (Å²) >= 11 is 3.47. The van der Waals surface area contributed by atoms with Crippen LogP contribution in [0.15, 0.2) is 59.3 Å². The highest BCUT2D eigenvalue weighted by molar-refractivity contribution is 9.10. The van der Waals surface area contributed by atoms with Gasteiger partial charge >= 0.3 is 0 Å². The smallest absolute Gasteiger partial charge is 0.137 e. The average Bonchev–Trinajstić information content (AvgIpc) is 2.79. The zero-order valence-electron chi connectivity index (χ0n) is 9.88. The molecule has 0 amide bonds. The van der Waals surface area contributed by atoms with Crippen LogP contribution >= 0.6 is 15.9 Å². The molecule has 3 heteroatoms. The number of hydrogen-bond donors (Lipinski definition) is 0. The highest BCUT2D eigenvalue weighted by Gasteiger charge is 2.02. The Kier molecular flexibility index (Phi) is 3.15. The molecule has 0 aliphatic rings. The lowest BCUT2D eigenvalue weighted by Gasteiger charge is -1.97. The fourth-order valence-electron chi connectivity index (χ4n) is 2.05. The van der Waals surface area contributed by atoms with Gasteiger partial charge < -0.3 is 4.40 Å². The van der Waals surface area contributed by atoms with Crippen molar-refractivity contribution < 1.29 is 0 Å². The van der Waals surface area contributed by atoms with Crippen LogP contribution in [0.1, 0.15) is 11.3 Å². The van der Waals surface area contributed by atoms with Gasteiger partial charge in [0.1, 0.15) is 5.65 Å². The predicted molar refractivity (Wildman–Crippen MR) is 76.7 cm³/mol. The fourth-order valence-corrected chi connectivity index (χ4v) is 2.41. The van der Waals surface area contributed by atoms with E-state index in [1.165, 1.54) is 5.56 Å². The molecular formula is C15H13BrN2. The van der Waals surface area contributed by atoms with Crippen molar-refractivity contribution in [2.24, 2.45) is 0 Å². The highest BCUT2D eigenvalue weighted by Crippen LogP contribution is 2.13. The maximum absolute atomic E-state index is 4.61. The second kappa shape index (κ2) is 4.94. The molecule has 0 bridgehead atoms. The van der Waals surface area contributed by atoms with Crippen LogP contribution in [0.25, 0.3) is 5.65 Å². The van der Waals surface area contributed by atoms with Crippen LogP contribution in [0.5, 0.6) is 0 Å². The van der Waals surface area contributed by atoms with Gasteiger partial charge in [-0.25, -0.2) is 4.98 Å². The van der Waals surface area contributed by atoms with E-state index in [9.17, 15) is 0 Å². The van der Waals surface area contributed by atoms with Gasteiger partial charge in [-0.05, 0) is 46.5 Å². The number of rotatable bonds is 3. The van der Waals surface area contributed by atoms with Crippen LogP contribution in [0, 0.1) is 0 Å². The molecular weight excluding hydrogens is 288 g/mol. The van der Waals surface area contributed by atoms with Crippen LogP contribution < -0.4 is 0 Å². The van der Waals surface area contributed by atoms with E-state index in [0.717, 1.165) is 28.7 Å². The molecule has 0 aliphatic carbocycles. The first-order chi connectivity index (χ1) is 8.81. The highest BCUT2D eigenvalue weighted by atomic mass is 79.9. The maximum atomic E-state index is 4.61. The number of aryl methyl sites for hydroxylation is 2. The number of halogens is 1. The van der Waals surface area contributed by atoms with Gasteiger partial charge in [0.15, 0.2) is 0 Å². The molecule has 1 aromatic carbocycles. The van der Waals surface area contributed by atoms with E-state index >= 15 is 0 Å². The Morgan fingerprint density at radius 1 is 0.944 bits per heavy atom. The topological polar surface area (TPSA) is 17.3 Å². The summed E-state index contributed by atoms with van der Waals surface area (Å²) in [4.78, 5) is 4.61. The molecule has 0 fully saturated rings. The first kappa shape index (κ1) is 11.5. The van der Waals surface area contributed by atoms with Crippen molar-refractivity contribution in [3.63, 3.8) is 0 Å². The predicted octanol–water partition coefficient (Wildman–Crippen LogP) is 3.88. The largest absolute Gasteiger partial charge is 0.306 e. The van der Waals surface area contributed by atoms with Crippen molar-refractivity contribution in [3.8, 4) is 0 Å². The van der Waals surface area contributed by atoms with Gasteiger partial charge in [-0.15, -0.1) is 0 Å². The molecule has 3 rings (SSSR count). The minimum Gasteiger partial charge on any atom is -0.306 e. The number of fused-ring (bicyclic) bond motifs is 1. The Bertz CT molecular complexity index is 659. The molecule has 0 saturated carbocycles. The quantitative estimate of drug-likeness (QED) is 0.717. The lowest BCUT2D eigenvalue weighted by atomic mass is 10.1. The maximum Gasteiger partial charge on any atom is 0.137 e. The summed E-state index contributed by atoms with van der Waals surface area (Å²) in [5.41, 5.74) is 3.49. The second-order valence-corrected chi connectivity index (χ2v) is 5.25. The normalized spacial score (nSPS) is 10.9. The molecule has 3 aromatic rings. The summed E-state index contributed by atoms with van der Waals surface area (Å²) in [7, 11) is 0. The fraction of sp³-hybridized carbons (Fsp3) is 0.133. The molecule has 90 valence electrons. The first-order valence-corrected chi connectivity index (χ1v) is 6.78. The molecule has 0 unspecified atom stereocenters. The van der Waals surface area contributed by atoms with E-state index in [0.29, 0.717) is 0 Å². The summed E-state index contributed by atoms with van der Waals surface area (Å²) in [5, 5.41) is 0. The third kappa shape index (κ3) is 2.46. The monoisotopic (exact) mass is 300 g/mol. The molecule has 2 nitrogen and oxygen atoms in total. The van der Waals surface area contributed by atoms with Gasteiger partial charge in [0.25, 0.3) is 0 Å². The molecule has 2 heterocycles. The SMILES string of the molecule is Brc1ccc2nc(CCc3ccccc3)cn2c1. The van der Waals surface area contributed by atoms with Crippen LogP contribution in [-0.4, -0.2) is 9.38 Å². The van der Waals surface area contributed by atoms with Crippen molar-refractivity contribution in [1.82, 2.24) is 9.38 Å². The summed E-state index contributed by atoms with van der Waals surface area (Å²) in [6.07, 6.45) is 6.15. The number of benzene rings is 1. The number of nitrogens with zero attached hydrogens (tertiary/aromatic N) is 2. The Morgan fingerprint density at radius 2 is 1.78 bits per heavy atom. The molecule has 2 aromatic heterocycles. The average molecular weight is 301 g/mol. The van der Waals surface area contributed by atoms with E-state index in [2.05, 4.69) is 55.8 Å². The van der Waals surface area contributed by atoms with Crippen molar-refractivity contribution >= 4 is 21.6 Å². The number of imidazole rings is 1. The van der Waals surface area contributed by atoms with Crippen molar-refractivity contribution in [3.05, 3.63) is 70.6 Å².